The first kappa shape index (κ1) is 18.4. The molecule has 1 unspecified atom stereocenters. The SMILES string of the molecule is COc1ccccc1C(=O)N1CCC(c2ncc3c(n2)CCN(C(C)=O)C3)C1. The van der Waals surface area contributed by atoms with Crippen LogP contribution in [0, 0.1) is 0 Å². The van der Waals surface area contributed by atoms with E-state index < -0.39 is 0 Å². The molecule has 0 bridgehead atoms. The molecule has 1 saturated heterocycles. The van der Waals surface area contributed by atoms with E-state index in [9.17, 15) is 9.59 Å². The Kier molecular flexibility index (Phi) is 4.98. The van der Waals surface area contributed by atoms with Crippen LogP contribution in [-0.4, -0.2) is 58.3 Å². The van der Waals surface area contributed by atoms with E-state index in [2.05, 4.69) is 4.98 Å². The number of hydrogen-bond acceptors (Lipinski definition) is 5. The van der Waals surface area contributed by atoms with E-state index >= 15 is 0 Å². The Morgan fingerprint density at radius 1 is 1.18 bits per heavy atom. The number of rotatable bonds is 3. The molecule has 0 spiro atoms. The highest BCUT2D eigenvalue weighted by Crippen LogP contribution is 2.29. The predicted molar refractivity (Wildman–Crippen MR) is 103 cm³/mol. The summed E-state index contributed by atoms with van der Waals surface area (Å²) in [4.78, 5) is 37.5. The Morgan fingerprint density at radius 2 is 2.00 bits per heavy atom. The number of benzene rings is 1. The first-order valence-corrected chi connectivity index (χ1v) is 9.59. The second-order valence-electron chi connectivity index (χ2n) is 7.33. The van der Waals surface area contributed by atoms with Crippen molar-refractivity contribution in [3.8, 4) is 5.75 Å². The average molecular weight is 380 g/mol. The maximum absolute atomic E-state index is 12.9. The Morgan fingerprint density at radius 3 is 2.79 bits per heavy atom. The number of hydrogen-bond donors (Lipinski definition) is 0. The minimum atomic E-state index is -0.0185. The van der Waals surface area contributed by atoms with E-state index in [1.54, 1.807) is 26.2 Å². The quantitative estimate of drug-likeness (QED) is 0.814. The van der Waals surface area contributed by atoms with E-state index in [0.717, 1.165) is 29.9 Å². The van der Waals surface area contributed by atoms with Gasteiger partial charge in [0.05, 0.1) is 18.4 Å². The van der Waals surface area contributed by atoms with Gasteiger partial charge in [-0.15, -0.1) is 0 Å². The first-order valence-electron chi connectivity index (χ1n) is 9.59. The lowest BCUT2D eigenvalue weighted by atomic mass is 10.0. The van der Waals surface area contributed by atoms with Crippen LogP contribution >= 0.6 is 0 Å². The van der Waals surface area contributed by atoms with Crippen LogP contribution in [0.25, 0.3) is 0 Å². The molecule has 0 saturated carbocycles. The molecule has 7 nitrogen and oxygen atoms in total. The van der Waals surface area contributed by atoms with Gasteiger partial charge in [-0.05, 0) is 18.6 Å². The molecule has 1 aromatic carbocycles. The highest BCUT2D eigenvalue weighted by Gasteiger charge is 2.31. The van der Waals surface area contributed by atoms with Crippen molar-refractivity contribution in [2.45, 2.75) is 32.2 Å². The second-order valence-corrected chi connectivity index (χ2v) is 7.33. The number of methoxy groups -OCH3 is 1. The number of ether oxygens (including phenoxy) is 1. The first-order chi connectivity index (χ1) is 13.6. The van der Waals surface area contributed by atoms with Crippen molar-refractivity contribution in [2.24, 2.45) is 0 Å². The number of aromatic nitrogens is 2. The van der Waals surface area contributed by atoms with Gasteiger partial charge in [0.2, 0.25) is 5.91 Å². The molecular formula is C21H24N4O3. The molecule has 2 amide bonds. The van der Waals surface area contributed by atoms with E-state index in [1.165, 1.54) is 0 Å². The monoisotopic (exact) mass is 380 g/mol. The number of carbonyl (C=O) groups excluding carboxylic acids is 2. The topological polar surface area (TPSA) is 75.6 Å². The lowest BCUT2D eigenvalue weighted by Gasteiger charge is -2.27. The minimum Gasteiger partial charge on any atom is -0.496 e. The molecule has 0 aliphatic carbocycles. The summed E-state index contributed by atoms with van der Waals surface area (Å²) in [7, 11) is 1.58. The van der Waals surface area contributed by atoms with Gasteiger partial charge in [0.1, 0.15) is 11.6 Å². The predicted octanol–water partition coefficient (Wildman–Crippen LogP) is 2.02. The maximum Gasteiger partial charge on any atom is 0.257 e. The fraction of sp³-hybridized carbons (Fsp3) is 0.429. The molecule has 1 aromatic heterocycles. The molecule has 4 rings (SSSR count). The summed E-state index contributed by atoms with van der Waals surface area (Å²) in [5.41, 5.74) is 2.63. The third-order valence-electron chi connectivity index (χ3n) is 5.58. The van der Waals surface area contributed by atoms with Crippen molar-refractivity contribution < 1.29 is 14.3 Å². The Labute approximate surface area is 164 Å². The standard InChI is InChI=1S/C21H24N4O3/c1-14(26)24-10-8-18-16(13-24)11-22-20(23-18)15-7-9-25(12-15)21(27)17-5-3-4-6-19(17)28-2/h3-6,11,15H,7-10,12-13H2,1-2H3. The molecule has 2 aromatic rings. The zero-order valence-electron chi connectivity index (χ0n) is 16.2. The molecule has 1 fully saturated rings. The number of para-hydroxylation sites is 1. The molecule has 2 aliphatic rings. The molecule has 1 atom stereocenters. The van der Waals surface area contributed by atoms with Gasteiger partial charge in [0.25, 0.3) is 5.91 Å². The highest BCUT2D eigenvalue weighted by molar-refractivity contribution is 5.97. The lowest BCUT2D eigenvalue weighted by molar-refractivity contribution is -0.129. The van der Waals surface area contributed by atoms with Crippen LogP contribution in [-0.2, 0) is 17.8 Å². The number of fused-ring (bicyclic) bond motifs is 1. The fourth-order valence-electron chi connectivity index (χ4n) is 3.94. The summed E-state index contributed by atoms with van der Waals surface area (Å²) in [6, 6.07) is 7.30. The van der Waals surface area contributed by atoms with Crippen LogP contribution in [0.3, 0.4) is 0 Å². The highest BCUT2D eigenvalue weighted by atomic mass is 16.5. The molecule has 146 valence electrons. The molecule has 0 radical (unpaired) electrons. The molecule has 0 N–H and O–H groups in total. The lowest BCUT2D eigenvalue weighted by Crippen LogP contribution is -2.35. The molecule has 3 heterocycles. The smallest absolute Gasteiger partial charge is 0.257 e. The van der Waals surface area contributed by atoms with Crippen molar-refractivity contribution in [3.05, 3.63) is 53.1 Å². The minimum absolute atomic E-state index is 0.0185. The average Bonchev–Trinajstić information content (AvgIpc) is 3.22. The van der Waals surface area contributed by atoms with Crippen LogP contribution in [0.15, 0.2) is 30.5 Å². The van der Waals surface area contributed by atoms with Gasteiger partial charge in [-0.3, -0.25) is 9.59 Å². The van der Waals surface area contributed by atoms with E-state index in [1.807, 2.05) is 28.1 Å². The molecule has 7 heteroatoms. The van der Waals surface area contributed by atoms with Crippen molar-refractivity contribution in [1.29, 1.82) is 0 Å². The zero-order valence-corrected chi connectivity index (χ0v) is 16.2. The van der Waals surface area contributed by atoms with Crippen molar-refractivity contribution in [2.75, 3.05) is 26.7 Å². The summed E-state index contributed by atoms with van der Waals surface area (Å²) in [5.74, 6) is 1.59. The molecular weight excluding hydrogens is 356 g/mol. The van der Waals surface area contributed by atoms with Crippen LogP contribution in [0.4, 0.5) is 0 Å². The summed E-state index contributed by atoms with van der Waals surface area (Å²) < 4.78 is 5.33. The summed E-state index contributed by atoms with van der Waals surface area (Å²) in [6.07, 6.45) is 3.44. The van der Waals surface area contributed by atoms with Crippen molar-refractivity contribution >= 4 is 11.8 Å². The van der Waals surface area contributed by atoms with Crippen LogP contribution < -0.4 is 4.74 Å². The van der Waals surface area contributed by atoms with Gasteiger partial charge in [-0.1, -0.05) is 12.1 Å². The van der Waals surface area contributed by atoms with Gasteiger partial charge < -0.3 is 14.5 Å². The number of nitrogens with zero attached hydrogens (tertiary/aromatic N) is 4. The third kappa shape index (κ3) is 3.44. The van der Waals surface area contributed by atoms with Crippen LogP contribution in [0.1, 0.15) is 46.7 Å². The van der Waals surface area contributed by atoms with Gasteiger partial charge in [-0.2, -0.15) is 0 Å². The zero-order chi connectivity index (χ0) is 19.7. The second kappa shape index (κ2) is 7.58. The van der Waals surface area contributed by atoms with E-state index in [4.69, 9.17) is 9.72 Å². The molecule has 2 aliphatic heterocycles. The summed E-state index contributed by atoms with van der Waals surface area (Å²) >= 11 is 0. The van der Waals surface area contributed by atoms with E-state index in [-0.39, 0.29) is 17.7 Å². The van der Waals surface area contributed by atoms with Gasteiger partial charge in [0, 0.05) is 57.2 Å². The Hall–Kier alpha value is -2.96. The Balaban J connectivity index is 1.47. The van der Waals surface area contributed by atoms with Crippen molar-refractivity contribution in [3.63, 3.8) is 0 Å². The van der Waals surface area contributed by atoms with Crippen LogP contribution in [0.5, 0.6) is 5.75 Å². The Bertz CT molecular complexity index is 914. The largest absolute Gasteiger partial charge is 0.496 e. The van der Waals surface area contributed by atoms with E-state index in [0.29, 0.717) is 37.5 Å². The van der Waals surface area contributed by atoms with Crippen LogP contribution in [0.2, 0.25) is 0 Å². The summed E-state index contributed by atoms with van der Waals surface area (Å²) in [5, 5.41) is 0. The fourth-order valence-corrected chi connectivity index (χ4v) is 3.94. The molecule has 28 heavy (non-hydrogen) atoms. The van der Waals surface area contributed by atoms with Gasteiger partial charge >= 0.3 is 0 Å². The number of amides is 2. The van der Waals surface area contributed by atoms with Gasteiger partial charge in [0.15, 0.2) is 0 Å². The van der Waals surface area contributed by atoms with Gasteiger partial charge in [-0.25, -0.2) is 9.97 Å². The third-order valence-corrected chi connectivity index (χ3v) is 5.58. The number of likely N-dealkylation sites (tertiary alicyclic amines) is 1. The number of carbonyl (C=O) groups is 2. The maximum atomic E-state index is 12.9. The summed E-state index contributed by atoms with van der Waals surface area (Å²) in [6.45, 7) is 4.15. The van der Waals surface area contributed by atoms with Crippen molar-refractivity contribution in [1.82, 2.24) is 19.8 Å². The normalized spacial score (nSPS) is 18.7.